The predicted octanol–water partition coefficient (Wildman–Crippen LogP) is 4.42. The maximum absolute atomic E-state index is 14.0. The lowest BCUT2D eigenvalue weighted by Crippen LogP contribution is -1.92. The molecule has 0 unspecified atom stereocenters. The van der Waals surface area contributed by atoms with Crippen molar-refractivity contribution in [1.82, 2.24) is 0 Å². The number of ether oxygens (including phenoxy) is 1. The molecule has 2 aromatic carbocycles. The molecule has 2 aromatic rings. The van der Waals surface area contributed by atoms with Crippen LogP contribution in [0.1, 0.15) is 12.5 Å². The Morgan fingerprint density at radius 1 is 1.26 bits per heavy atom. The number of hydrogen-bond acceptors (Lipinski definition) is 2. The van der Waals surface area contributed by atoms with E-state index in [1.165, 1.54) is 12.1 Å². The summed E-state index contributed by atoms with van der Waals surface area (Å²) in [5.74, 6) is 0.213. The second-order valence-corrected chi connectivity index (χ2v) is 4.29. The van der Waals surface area contributed by atoms with E-state index in [0.717, 1.165) is 5.75 Å². The molecule has 0 saturated heterocycles. The monoisotopic (exact) mass is 275 g/mol. The lowest BCUT2D eigenvalue weighted by atomic mass is 10.0. The molecule has 0 bridgehead atoms. The molecule has 0 aliphatic rings. The van der Waals surface area contributed by atoms with Gasteiger partial charge in [0.15, 0.2) is 0 Å². The van der Waals surface area contributed by atoms with Crippen LogP contribution in [0.5, 0.6) is 5.75 Å². The first kappa shape index (κ1) is 13.4. The molecule has 0 fully saturated rings. The van der Waals surface area contributed by atoms with Crippen molar-refractivity contribution in [2.75, 3.05) is 6.61 Å². The molecule has 2 nitrogen and oxygen atoms in total. The standard InChI is InChI=1S/C15H11ClFNO/c1-2-19-12-5-3-11(4-6-12)15-13(16)7-10(9-18)8-14(15)17/h3-8H,2H2,1H3. The van der Waals surface area contributed by atoms with E-state index in [2.05, 4.69) is 0 Å². The summed E-state index contributed by atoms with van der Waals surface area (Å²) in [7, 11) is 0. The minimum Gasteiger partial charge on any atom is -0.494 e. The van der Waals surface area contributed by atoms with Gasteiger partial charge in [-0.1, -0.05) is 23.7 Å². The number of nitrogens with zero attached hydrogens (tertiary/aromatic N) is 1. The Hall–Kier alpha value is -2.05. The van der Waals surface area contributed by atoms with E-state index in [9.17, 15) is 4.39 Å². The van der Waals surface area contributed by atoms with Gasteiger partial charge in [-0.2, -0.15) is 5.26 Å². The molecule has 0 aliphatic heterocycles. The third-order valence-corrected chi connectivity index (χ3v) is 2.92. The van der Waals surface area contributed by atoms with Crippen LogP contribution < -0.4 is 4.74 Å². The van der Waals surface area contributed by atoms with Gasteiger partial charge in [-0.25, -0.2) is 4.39 Å². The number of halogens is 2. The molecule has 0 atom stereocenters. The highest BCUT2D eigenvalue weighted by Gasteiger charge is 2.12. The second kappa shape index (κ2) is 5.73. The molecule has 0 heterocycles. The molecule has 0 radical (unpaired) electrons. The van der Waals surface area contributed by atoms with E-state index < -0.39 is 5.82 Å². The molecule has 96 valence electrons. The summed E-state index contributed by atoms with van der Waals surface area (Å²) in [6.45, 7) is 2.47. The van der Waals surface area contributed by atoms with Crippen molar-refractivity contribution in [2.24, 2.45) is 0 Å². The molecular weight excluding hydrogens is 265 g/mol. The van der Waals surface area contributed by atoms with Crippen molar-refractivity contribution in [3.8, 4) is 22.9 Å². The quantitative estimate of drug-likeness (QED) is 0.831. The van der Waals surface area contributed by atoms with Crippen LogP contribution >= 0.6 is 11.6 Å². The molecule has 2 rings (SSSR count). The fourth-order valence-corrected chi connectivity index (χ4v) is 2.11. The van der Waals surface area contributed by atoms with E-state index in [-0.39, 0.29) is 10.6 Å². The van der Waals surface area contributed by atoms with E-state index in [1.54, 1.807) is 24.3 Å². The van der Waals surface area contributed by atoms with Crippen molar-refractivity contribution in [3.63, 3.8) is 0 Å². The smallest absolute Gasteiger partial charge is 0.133 e. The van der Waals surface area contributed by atoms with Crippen LogP contribution in [0.2, 0.25) is 5.02 Å². The van der Waals surface area contributed by atoms with Crippen LogP contribution in [0.15, 0.2) is 36.4 Å². The molecule has 0 spiro atoms. The molecule has 0 amide bonds. The van der Waals surface area contributed by atoms with Crippen LogP contribution in [0.25, 0.3) is 11.1 Å². The molecule has 19 heavy (non-hydrogen) atoms. The fraction of sp³-hybridized carbons (Fsp3) is 0.133. The van der Waals surface area contributed by atoms with Crippen molar-refractivity contribution >= 4 is 11.6 Å². The lowest BCUT2D eigenvalue weighted by Gasteiger charge is -2.08. The average molecular weight is 276 g/mol. The van der Waals surface area contributed by atoms with Gasteiger partial charge in [0.1, 0.15) is 11.6 Å². The van der Waals surface area contributed by atoms with Crippen LogP contribution in [0.3, 0.4) is 0 Å². The van der Waals surface area contributed by atoms with Crippen molar-refractivity contribution in [2.45, 2.75) is 6.92 Å². The fourth-order valence-electron chi connectivity index (χ4n) is 1.80. The Balaban J connectivity index is 2.44. The highest BCUT2D eigenvalue weighted by Crippen LogP contribution is 2.32. The third kappa shape index (κ3) is 2.86. The summed E-state index contributed by atoms with van der Waals surface area (Å²) < 4.78 is 19.3. The van der Waals surface area contributed by atoms with Gasteiger partial charge < -0.3 is 4.74 Å². The highest BCUT2D eigenvalue weighted by atomic mass is 35.5. The number of rotatable bonds is 3. The Labute approximate surface area is 116 Å². The Morgan fingerprint density at radius 3 is 2.47 bits per heavy atom. The minimum atomic E-state index is -0.506. The van der Waals surface area contributed by atoms with E-state index >= 15 is 0 Å². The Bertz CT molecular complexity index is 609. The lowest BCUT2D eigenvalue weighted by molar-refractivity contribution is 0.340. The number of benzene rings is 2. The summed E-state index contributed by atoms with van der Waals surface area (Å²) in [4.78, 5) is 0. The van der Waals surface area contributed by atoms with Crippen molar-refractivity contribution in [3.05, 3.63) is 52.8 Å². The summed E-state index contributed by atoms with van der Waals surface area (Å²) >= 11 is 6.03. The van der Waals surface area contributed by atoms with Gasteiger partial charge in [-0.3, -0.25) is 0 Å². The summed E-state index contributed by atoms with van der Waals surface area (Å²) in [5.41, 5.74) is 1.15. The van der Waals surface area contributed by atoms with Gasteiger partial charge in [0.05, 0.1) is 23.3 Å². The van der Waals surface area contributed by atoms with E-state index in [1.807, 2.05) is 13.0 Å². The van der Waals surface area contributed by atoms with Crippen LogP contribution in [-0.2, 0) is 0 Å². The van der Waals surface area contributed by atoms with E-state index in [4.69, 9.17) is 21.6 Å². The van der Waals surface area contributed by atoms with Gasteiger partial charge in [0.2, 0.25) is 0 Å². The van der Waals surface area contributed by atoms with Gasteiger partial charge in [0.25, 0.3) is 0 Å². The third-order valence-electron chi connectivity index (χ3n) is 2.63. The van der Waals surface area contributed by atoms with Gasteiger partial charge in [-0.05, 0) is 36.8 Å². The van der Waals surface area contributed by atoms with Gasteiger partial charge >= 0.3 is 0 Å². The normalized spacial score (nSPS) is 10.0. The number of hydrogen-bond donors (Lipinski definition) is 0. The molecule has 0 aromatic heterocycles. The Kier molecular flexibility index (Phi) is 4.03. The first-order valence-electron chi connectivity index (χ1n) is 5.78. The first-order valence-corrected chi connectivity index (χ1v) is 6.16. The van der Waals surface area contributed by atoms with Crippen LogP contribution in [0.4, 0.5) is 4.39 Å². The van der Waals surface area contributed by atoms with Gasteiger partial charge in [0, 0.05) is 5.56 Å². The zero-order valence-electron chi connectivity index (χ0n) is 10.3. The first-order chi connectivity index (χ1) is 9.15. The summed E-state index contributed by atoms with van der Waals surface area (Å²) in [6, 6.07) is 11.5. The zero-order valence-corrected chi connectivity index (χ0v) is 11.0. The van der Waals surface area contributed by atoms with Crippen molar-refractivity contribution < 1.29 is 9.13 Å². The second-order valence-electron chi connectivity index (χ2n) is 3.88. The molecule has 0 saturated carbocycles. The summed E-state index contributed by atoms with van der Waals surface area (Å²) in [6.07, 6.45) is 0. The maximum atomic E-state index is 14.0. The average Bonchev–Trinajstić information content (AvgIpc) is 2.40. The Morgan fingerprint density at radius 2 is 1.95 bits per heavy atom. The van der Waals surface area contributed by atoms with Gasteiger partial charge in [-0.15, -0.1) is 0 Å². The van der Waals surface area contributed by atoms with Crippen LogP contribution in [-0.4, -0.2) is 6.61 Å². The zero-order chi connectivity index (χ0) is 13.8. The topological polar surface area (TPSA) is 33.0 Å². The molecular formula is C15H11ClFNO. The SMILES string of the molecule is CCOc1ccc(-c2c(F)cc(C#N)cc2Cl)cc1. The number of nitriles is 1. The van der Waals surface area contributed by atoms with Crippen molar-refractivity contribution in [1.29, 1.82) is 5.26 Å². The highest BCUT2D eigenvalue weighted by molar-refractivity contribution is 6.33. The van der Waals surface area contributed by atoms with Crippen LogP contribution in [0, 0.1) is 17.1 Å². The summed E-state index contributed by atoms with van der Waals surface area (Å²) in [5, 5.41) is 8.97. The molecule has 0 N–H and O–H groups in total. The largest absolute Gasteiger partial charge is 0.494 e. The molecule has 4 heteroatoms. The predicted molar refractivity (Wildman–Crippen MR) is 72.7 cm³/mol. The maximum Gasteiger partial charge on any atom is 0.133 e. The minimum absolute atomic E-state index is 0.206. The van der Waals surface area contributed by atoms with E-state index in [0.29, 0.717) is 17.7 Å². The molecule has 0 aliphatic carbocycles.